The van der Waals surface area contributed by atoms with Crippen molar-refractivity contribution in [2.45, 2.75) is 30.3 Å². The van der Waals surface area contributed by atoms with Gasteiger partial charge in [0.15, 0.2) is 0 Å². The second-order valence-electron chi connectivity index (χ2n) is 8.30. The molecule has 0 radical (unpaired) electrons. The van der Waals surface area contributed by atoms with E-state index in [-0.39, 0.29) is 12.0 Å². The van der Waals surface area contributed by atoms with Crippen LogP contribution >= 0.6 is 10.8 Å². The maximum atomic E-state index is 12.6. The number of amides is 1. The number of hydrogen-bond donors (Lipinski definition) is 2. The molecule has 3 heterocycles. The Morgan fingerprint density at radius 1 is 1.03 bits per heavy atom. The van der Waals surface area contributed by atoms with Gasteiger partial charge in [-0.3, -0.25) is 18.8 Å². The fraction of sp³-hybridized carbons (Fsp3) is 0.333. The summed E-state index contributed by atoms with van der Waals surface area (Å²) >= 11 is 0. The number of carbonyl (C=O) groups is 1. The van der Waals surface area contributed by atoms with Crippen LogP contribution in [0.1, 0.15) is 29.6 Å². The summed E-state index contributed by atoms with van der Waals surface area (Å²) < 4.78 is 28.5. The number of carbonyl (C=O) groups excluding carboxylic acids is 1. The van der Waals surface area contributed by atoms with Gasteiger partial charge in [-0.15, -0.1) is 0 Å². The summed E-state index contributed by atoms with van der Waals surface area (Å²) in [4.78, 5) is 19.7. The Kier molecular flexibility index (Phi) is 5.77. The van der Waals surface area contributed by atoms with E-state index in [9.17, 15) is 13.9 Å². The molecule has 1 amide bonds. The van der Waals surface area contributed by atoms with Gasteiger partial charge in [0, 0.05) is 31.2 Å². The van der Waals surface area contributed by atoms with E-state index in [0.29, 0.717) is 29.3 Å². The largest absolute Gasteiger partial charge is 0.472 e. The van der Waals surface area contributed by atoms with Crippen molar-refractivity contribution in [2.24, 2.45) is 0 Å². The standard InChI is InChI=1S/C24H27N3O4S/c28-24-21-9-3-4-10-22(21)32(29,30)27(24)15-6-5-14-26-16-12-19(17-26)31-23-20-8-2-1-7-18(20)11-13-25-23/h1-4,7-11,13,19,29-30H,5-6,12,14-17H2. The molecule has 1 fully saturated rings. The normalized spacial score (nSPS) is 21.1. The third-order valence-electron chi connectivity index (χ3n) is 6.18. The molecule has 2 aliphatic rings. The van der Waals surface area contributed by atoms with Gasteiger partial charge < -0.3 is 4.74 Å². The van der Waals surface area contributed by atoms with E-state index in [1.54, 1.807) is 30.5 Å². The van der Waals surface area contributed by atoms with Gasteiger partial charge in [-0.05, 0) is 55.5 Å². The second-order valence-corrected chi connectivity index (χ2v) is 10.2. The Morgan fingerprint density at radius 3 is 2.69 bits per heavy atom. The molecule has 0 bridgehead atoms. The minimum atomic E-state index is -3.21. The van der Waals surface area contributed by atoms with Crippen LogP contribution in [0.5, 0.6) is 5.88 Å². The first-order chi connectivity index (χ1) is 15.5. The van der Waals surface area contributed by atoms with Crippen LogP contribution in [-0.2, 0) is 0 Å². The quantitative estimate of drug-likeness (QED) is 0.507. The Morgan fingerprint density at radius 2 is 1.81 bits per heavy atom. The monoisotopic (exact) mass is 453 g/mol. The third-order valence-corrected chi connectivity index (χ3v) is 8.09. The maximum Gasteiger partial charge on any atom is 0.274 e. The van der Waals surface area contributed by atoms with E-state index >= 15 is 0 Å². The number of benzene rings is 2. The van der Waals surface area contributed by atoms with Gasteiger partial charge in [-0.1, -0.05) is 41.1 Å². The van der Waals surface area contributed by atoms with Gasteiger partial charge in [0.1, 0.15) is 6.10 Å². The van der Waals surface area contributed by atoms with E-state index in [1.165, 1.54) is 4.31 Å². The van der Waals surface area contributed by atoms with Gasteiger partial charge in [-0.2, -0.15) is 0 Å². The lowest BCUT2D eigenvalue weighted by Gasteiger charge is -2.37. The van der Waals surface area contributed by atoms with Gasteiger partial charge in [0.25, 0.3) is 5.91 Å². The van der Waals surface area contributed by atoms with Crippen molar-refractivity contribution in [3.63, 3.8) is 0 Å². The van der Waals surface area contributed by atoms with Crippen LogP contribution in [0.2, 0.25) is 0 Å². The SMILES string of the molecule is O=C1c2ccccc2S(O)(O)N1CCCCN1CCC(Oc2nccc3ccccc23)C1. The van der Waals surface area contributed by atoms with E-state index in [1.807, 2.05) is 24.3 Å². The highest BCUT2D eigenvalue weighted by atomic mass is 32.3. The van der Waals surface area contributed by atoms with Gasteiger partial charge in [0.2, 0.25) is 5.88 Å². The van der Waals surface area contributed by atoms with Crippen LogP contribution < -0.4 is 4.74 Å². The molecule has 7 nitrogen and oxygen atoms in total. The predicted octanol–water partition coefficient (Wildman–Crippen LogP) is 4.65. The lowest BCUT2D eigenvalue weighted by atomic mass is 10.2. The van der Waals surface area contributed by atoms with Crippen molar-refractivity contribution in [3.05, 3.63) is 66.4 Å². The predicted molar refractivity (Wildman–Crippen MR) is 125 cm³/mol. The first-order valence-corrected chi connectivity index (χ1v) is 12.5. The summed E-state index contributed by atoms with van der Waals surface area (Å²) in [5.41, 5.74) is 0.397. The van der Waals surface area contributed by atoms with Crippen molar-refractivity contribution in [2.75, 3.05) is 26.2 Å². The molecule has 1 aromatic heterocycles. The van der Waals surface area contributed by atoms with E-state index in [2.05, 4.69) is 16.0 Å². The second kappa shape index (κ2) is 8.71. The van der Waals surface area contributed by atoms with Crippen molar-refractivity contribution in [1.29, 1.82) is 0 Å². The van der Waals surface area contributed by atoms with E-state index in [0.717, 1.165) is 43.2 Å². The molecule has 1 atom stereocenters. The molecular weight excluding hydrogens is 426 g/mol. The number of hydrogen-bond acceptors (Lipinski definition) is 6. The van der Waals surface area contributed by atoms with Crippen molar-refractivity contribution >= 4 is 27.5 Å². The summed E-state index contributed by atoms with van der Waals surface area (Å²) in [6.07, 6.45) is 4.42. The fourth-order valence-electron chi connectivity index (χ4n) is 4.51. The average Bonchev–Trinajstić information content (AvgIpc) is 3.33. The lowest BCUT2D eigenvalue weighted by molar-refractivity contribution is 0.0860. The molecule has 5 rings (SSSR count). The molecule has 0 aliphatic carbocycles. The first-order valence-electron chi connectivity index (χ1n) is 11.0. The zero-order valence-corrected chi connectivity index (χ0v) is 18.6. The number of rotatable bonds is 7. The summed E-state index contributed by atoms with van der Waals surface area (Å²) in [7, 11) is -3.21. The Balaban J connectivity index is 1.11. The zero-order valence-electron chi connectivity index (χ0n) is 17.8. The molecule has 8 heteroatoms. The Hall–Kier alpha value is -2.65. The van der Waals surface area contributed by atoms with Crippen LogP contribution in [0.4, 0.5) is 0 Å². The smallest absolute Gasteiger partial charge is 0.274 e. The van der Waals surface area contributed by atoms with Gasteiger partial charge in [0.05, 0.1) is 10.5 Å². The number of unbranched alkanes of at least 4 members (excludes halogenated alkanes) is 1. The number of fused-ring (bicyclic) bond motifs is 2. The highest BCUT2D eigenvalue weighted by Gasteiger charge is 2.40. The first kappa shape index (κ1) is 21.2. The number of aromatic nitrogens is 1. The van der Waals surface area contributed by atoms with E-state index in [4.69, 9.17) is 4.74 Å². The molecule has 2 aliphatic heterocycles. The Labute approximate surface area is 189 Å². The van der Waals surface area contributed by atoms with Crippen LogP contribution in [0.15, 0.2) is 65.7 Å². The number of nitrogens with zero attached hydrogens (tertiary/aromatic N) is 3. The molecule has 0 saturated carbocycles. The van der Waals surface area contributed by atoms with Crippen LogP contribution in [0.25, 0.3) is 10.8 Å². The molecule has 3 aromatic rings. The molecule has 1 unspecified atom stereocenters. The maximum absolute atomic E-state index is 12.6. The average molecular weight is 454 g/mol. The van der Waals surface area contributed by atoms with Crippen molar-refractivity contribution in [1.82, 2.24) is 14.2 Å². The van der Waals surface area contributed by atoms with Crippen molar-refractivity contribution in [3.8, 4) is 5.88 Å². The van der Waals surface area contributed by atoms with Crippen LogP contribution in [0.3, 0.4) is 0 Å². The fourth-order valence-corrected chi connectivity index (χ4v) is 6.17. The summed E-state index contributed by atoms with van der Waals surface area (Å²) in [6.45, 7) is 3.02. The zero-order chi connectivity index (χ0) is 22.1. The molecule has 0 spiro atoms. The number of ether oxygens (including phenoxy) is 1. The van der Waals surface area contributed by atoms with Gasteiger partial charge in [-0.25, -0.2) is 9.29 Å². The lowest BCUT2D eigenvalue weighted by Crippen LogP contribution is -2.30. The molecular formula is C24H27N3O4S. The minimum absolute atomic E-state index is 0.106. The Bertz CT molecular complexity index is 1130. The summed E-state index contributed by atoms with van der Waals surface area (Å²) in [6, 6.07) is 16.8. The topological polar surface area (TPSA) is 86.1 Å². The number of pyridine rings is 1. The van der Waals surface area contributed by atoms with Crippen LogP contribution in [0, 0.1) is 0 Å². The van der Waals surface area contributed by atoms with Crippen LogP contribution in [-0.4, -0.2) is 61.5 Å². The third kappa shape index (κ3) is 3.95. The molecule has 1 saturated heterocycles. The molecule has 2 aromatic carbocycles. The van der Waals surface area contributed by atoms with Crippen molar-refractivity contribution < 1.29 is 18.6 Å². The molecule has 168 valence electrons. The highest BCUT2D eigenvalue weighted by molar-refractivity contribution is 8.23. The summed E-state index contributed by atoms with van der Waals surface area (Å²) in [5.74, 6) is 0.394. The highest BCUT2D eigenvalue weighted by Crippen LogP contribution is 2.58. The summed E-state index contributed by atoms with van der Waals surface area (Å²) in [5, 5.41) is 2.15. The molecule has 32 heavy (non-hydrogen) atoms. The molecule has 2 N–H and O–H groups in total. The van der Waals surface area contributed by atoms with Gasteiger partial charge >= 0.3 is 0 Å². The minimum Gasteiger partial charge on any atom is -0.472 e. The number of likely N-dealkylation sites (tertiary alicyclic amines) is 1. The van der Waals surface area contributed by atoms with E-state index < -0.39 is 10.8 Å².